The van der Waals surface area contributed by atoms with E-state index in [1.165, 1.54) is 25.7 Å². The summed E-state index contributed by atoms with van der Waals surface area (Å²) in [5.41, 5.74) is 9.69. The summed E-state index contributed by atoms with van der Waals surface area (Å²) in [4.78, 5) is 16.0. The van der Waals surface area contributed by atoms with Gasteiger partial charge in [0.2, 0.25) is 11.9 Å². The second-order valence-electron chi connectivity index (χ2n) is 14.5. The van der Waals surface area contributed by atoms with E-state index in [1.807, 2.05) is 11.3 Å². The Morgan fingerprint density at radius 2 is 0.737 bits per heavy atom. The van der Waals surface area contributed by atoms with Crippen molar-refractivity contribution in [1.29, 1.82) is 0 Å². The number of nitrogens with zero attached hydrogens (tertiary/aromatic N) is 5. The van der Waals surface area contributed by atoms with Crippen LogP contribution in [0.2, 0.25) is 0 Å². The minimum atomic E-state index is 0.563. The highest BCUT2D eigenvalue weighted by atomic mass is 32.1. The normalized spacial score (nSPS) is 11.9. The zero-order valence-electron chi connectivity index (χ0n) is 30.5. The minimum Gasteiger partial charge on any atom is -0.278 e. The van der Waals surface area contributed by atoms with Crippen LogP contribution in [0.15, 0.2) is 188 Å². The van der Waals surface area contributed by atoms with Gasteiger partial charge in [-0.1, -0.05) is 152 Å². The van der Waals surface area contributed by atoms with Crippen molar-refractivity contribution in [2.75, 3.05) is 0 Å². The molecule has 57 heavy (non-hydrogen) atoms. The third-order valence-corrected chi connectivity index (χ3v) is 12.4. The summed E-state index contributed by atoms with van der Waals surface area (Å²) < 4.78 is 6.98. The van der Waals surface area contributed by atoms with E-state index in [4.69, 9.17) is 15.0 Å². The van der Waals surface area contributed by atoms with Crippen LogP contribution in [-0.2, 0) is 0 Å². The molecule has 4 heterocycles. The van der Waals surface area contributed by atoms with Crippen LogP contribution >= 0.6 is 11.3 Å². The van der Waals surface area contributed by atoms with Gasteiger partial charge < -0.3 is 0 Å². The molecule has 0 fully saturated rings. The third-order valence-electron chi connectivity index (χ3n) is 11.2. The summed E-state index contributed by atoms with van der Waals surface area (Å²) in [6.45, 7) is 0. The van der Waals surface area contributed by atoms with Crippen LogP contribution < -0.4 is 0 Å². The van der Waals surface area contributed by atoms with Crippen LogP contribution in [0, 0.1) is 0 Å². The maximum absolute atomic E-state index is 5.36. The van der Waals surface area contributed by atoms with Gasteiger partial charge >= 0.3 is 0 Å². The van der Waals surface area contributed by atoms with Gasteiger partial charge in [-0.3, -0.25) is 9.13 Å². The summed E-state index contributed by atoms with van der Waals surface area (Å²) in [5, 5.41) is 7.20. The van der Waals surface area contributed by atoms with Gasteiger partial charge in [-0.25, -0.2) is 0 Å². The lowest BCUT2D eigenvalue weighted by molar-refractivity contribution is 0.893. The fraction of sp³-hybridized carbons (Fsp3) is 0. The molecule has 0 atom stereocenters. The fourth-order valence-corrected chi connectivity index (χ4v) is 9.68. The molecule has 0 unspecified atom stereocenters. The second kappa shape index (κ2) is 12.6. The maximum atomic E-state index is 5.36. The first kappa shape index (κ1) is 31.9. The lowest BCUT2D eigenvalue weighted by atomic mass is 10.0. The van der Waals surface area contributed by atoms with Gasteiger partial charge in [0.1, 0.15) is 0 Å². The summed E-state index contributed by atoms with van der Waals surface area (Å²) >= 11 is 1.84. The number of hydrogen-bond acceptors (Lipinski definition) is 4. The van der Waals surface area contributed by atoms with E-state index in [-0.39, 0.29) is 0 Å². The molecule has 0 spiro atoms. The molecule has 5 nitrogen and oxygen atoms in total. The molecule has 0 aliphatic rings. The molecular weight excluding hydrogens is 715 g/mol. The Labute approximate surface area is 331 Å². The van der Waals surface area contributed by atoms with Crippen molar-refractivity contribution in [3.63, 3.8) is 0 Å². The van der Waals surface area contributed by atoms with Crippen molar-refractivity contribution in [3.8, 4) is 45.5 Å². The molecule has 266 valence electrons. The molecule has 0 aliphatic heterocycles. The SMILES string of the molecule is c1ccc(-c2ccc3c4ccccc4n(-c4nc(-c5ccc(-c6ccc7c(c6)sc6ccccc67)cc5)nc(-n5c6ccccc6c6ccccc65)n4)c3c2)cc1. The molecule has 0 bridgehead atoms. The maximum Gasteiger partial charge on any atom is 0.240 e. The lowest BCUT2D eigenvalue weighted by Crippen LogP contribution is -2.10. The highest BCUT2D eigenvalue weighted by molar-refractivity contribution is 7.25. The smallest absolute Gasteiger partial charge is 0.240 e. The van der Waals surface area contributed by atoms with Gasteiger partial charge in [0.25, 0.3) is 0 Å². The van der Waals surface area contributed by atoms with Crippen LogP contribution in [0.25, 0.3) is 109 Å². The Morgan fingerprint density at radius 3 is 1.39 bits per heavy atom. The van der Waals surface area contributed by atoms with Crippen LogP contribution in [-0.4, -0.2) is 24.1 Å². The molecule has 8 aromatic carbocycles. The monoisotopic (exact) mass is 745 g/mol. The summed E-state index contributed by atoms with van der Waals surface area (Å²) in [6.07, 6.45) is 0. The van der Waals surface area contributed by atoms with Crippen molar-refractivity contribution in [1.82, 2.24) is 24.1 Å². The van der Waals surface area contributed by atoms with E-state index in [0.717, 1.165) is 65.9 Å². The topological polar surface area (TPSA) is 48.5 Å². The van der Waals surface area contributed by atoms with E-state index in [9.17, 15) is 0 Å². The van der Waals surface area contributed by atoms with E-state index in [2.05, 4.69) is 197 Å². The Bertz CT molecular complexity index is 3470. The number of para-hydroxylation sites is 3. The van der Waals surface area contributed by atoms with Crippen molar-refractivity contribution in [2.45, 2.75) is 0 Å². The second-order valence-corrected chi connectivity index (χ2v) is 15.5. The van der Waals surface area contributed by atoms with Crippen molar-refractivity contribution in [3.05, 3.63) is 188 Å². The minimum absolute atomic E-state index is 0.563. The van der Waals surface area contributed by atoms with Gasteiger partial charge in [-0.2, -0.15) is 15.0 Å². The van der Waals surface area contributed by atoms with E-state index in [1.54, 1.807) is 0 Å². The van der Waals surface area contributed by atoms with Crippen molar-refractivity contribution >= 4 is 75.1 Å². The largest absolute Gasteiger partial charge is 0.278 e. The summed E-state index contributed by atoms with van der Waals surface area (Å²) in [6, 6.07) is 66.8. The van der Waals surface area contributed by atoms with Crippen LogP contribution in [0.3, 0.4) is 0 Å². The molecule has 0 N–H and O–H groups in total. The van der Waals surface area contributed by atoms with E-state index >= 15 is 0 Å². The van der Waals surface area contributed by atoms with Crippen LogP contribution in [0.1, 0.15) is 0 Å². The molecular formula is C51H31N5S. The Kier molecular flexibility index (Phi) is 7.03. The highest BCUT2D eigenvalue weighted by Crippen LogP contribution is 2.38. The van der Waals surface area contributed by atoms with Gasteiger partial charge in [-0.15, -0.1) is 11.3 Å². The summed E-state index contributed by atoms with van der Waals surface area (Å²) in [7, 11) is 0. The predicted molar refractivity (Wildman–Crippen MR) is 238 cm³/mol. The average Bonchev–Trinajstić information content (AvgIpc) is 3.94. The Morgan fingerprint density at radius 1 is 0.298 bits per heavy atom. The first-order valence-corrected chi connectivity index (χ1v) is 19.9. The highest BCUT2D eigenvalue weighted by Gasteiger charge is 2.21. The molecule has 0 radical (unpaired) electrons. The quantitative estimate of drug-likeness (QED) is 0.176. The molecule has 0 saturated carbocycles. The molecule has 0 amide bonds. The summed E-state index contributed by atoms with van der Waals surface area (Å²) in [5.74, 6) is 1.73. The lowest BCUT2D eigenvalue weighted by Gasteiger charge is -2.13. The van der Waals surface area contributed by atoms with Crippen LogP contribution in [0.4, 0.5) is 0 Å². The molecule has 0 saturated heterocycles. The number of fused-ring (bicyclic) bond motifs is 9. The number of thiophene rings is 1. The molecule has 12 rings (SSSR count). The fourth-order valence-electron chi connectivity index (χ4n) is 8.53. The molecule has 4 aromatic heterocycles. The van der Waals surface area contributed by atoms with Gasteiger partial charge in [0.05, 0.1) is 22.1 Å². The van der Waals surface area contributed by atoms with Crippen molar-refractivity contribution in [2.24, 2.45) is 0 Å². The number of rotatable bonds is 5. The van der Waals surface area contributed by atoms with Gasteiger partial charge in [-0.05, 0) is 58.7 Å². The van der Waals surface area contributed by atoms with Gasteiger partial charge in [0, 0.05) is 47.3 Å². The Balaban J connectivity index is 1.08. The third kappa shape index (κ3) is 5.04. The predicted octanol–water partition coefficient (Wildman–Crippen LogP) is 13.4. The van der Waals surface area contributed by atoms with Crippen molar-refractivity contribution < 1.29 is 0 Å². The number of hydrogen-bond donors (Lipinski definition) is 0. The van der Waals surface area contributed by atoms with E-state index < -0.39 is 0 Å². The molecule has 6 heteroatoms. The zero-order chi connectivity index (χ0) is 37.5. The molecule has 0 aliphatic carbocycles. The first-order chi connectivity index (χ1) is 28.2. The van der Waals surface area contributed by atoms with E-state index in [0.29, 0.717) is 17.7 Å². The zero-order valence-corrected chi connectivity index (χ0v) is 31.4. The number of benzene rings is 8. The average molecular weight is 746 g/mol. The standard InChI is InChI=1S/C51H31N5S/c1-2-12-32(13-3-1)35-26-28-40-39-16-6-10-20-45(39)56(46(40)30-35)51-53-49(52-50(54-51)55-43-18-8-4-14-37(43)38-15-5-9-19-44(38)55)34-24-22-33(23-25-34)36-27-29-42-41-17-7-11-21-47(41)57-48(42)31-36/h1-31H. The van der Waals surface area contributed by atoms with Crippen LogP contribution in [0.5, 0.6) is 0 Å². The first-order valence-electron chi connectivity index (χ1n) is 19.1. The number of aromatic nitrogens is 5. The Hall–Kier alpha value is -7.41. The van der Waals surface area contributed by atoms with Gasteiger partial charge in [0.15, 0.2) is 5.82 Å². The molecule has 12 aromatic rings.